The van der Waals surface area contributed by atoms with Gasteiger partial charge in [-0.3, -0.25) is 9.59 Å². The number of fused-ring (bicyclic) bond motifs is 2. The monoisotopic (exact) mass is 862 g/mol. The predicted molar refractivity (Wildman–Crippen MR) is 217 cm³/mol. The Bertz CT molecular complexity index is 1950. The normalized spacial score (nSPS) is 31.6. The van der Waals surface area contributed by atoms with E-state index in [1.54, 1.807) is 46.3 Å². The molecule has 0 radical (unpaired) electrons. The van der Waals surface area contributed by atoms with Gasteiger partial charge in [0, 0.05) is 25.0 Å². The van der Waals surface area contributed by atoms with Crippen molar-refractivity contribution in [3.05, 3.63) is 81.5 Å². The van der Waals surface area contributed by atoms with E-state index >= 15 is 0 Å². The van der Waals surface area contributed by atoms with Crippen LogP contribution in [-0.2, 0) is 61.3 Å². The quantitative estimate of drug-likeness (QED) is 0.0758. The molecule has 0 aliphatic heterocycles. The number of esters is 2. The SMILES string of the molecule is O=CO[O-].[C-]#[N+]c1ccc2c(c1)[C@@](N)(C(=O)OCC)C1(C2)C[C@@H](C)C(OC)[C@@H](C)C1.[C-]#[N+]c1ccc2c(c1)[C@@](SC#N)(C(=O)OCC)C1(C2)C[C@@H](C)C(OC)[C@@H](C)C1.[H-].[Na+].[Na+]. The van der Waals surface area contributed by atoms with E-state index in [0.717, 1.165) is 66.1 Å². The van der Waals surface area contributed by atoms with Gasteiger partial charge < -0.3 is 36.3 Å². The maximum atomic E-state index is 13.5. The van der Waals surface area contributed by atoms with Gasteiger partial charge in [0.2, 0.25) is 0 Å². The summed E-state index contributed by atoms with van der Waals surface area (Å²) in [4.78, 5) is 44.9. The number of rotatable bonds is 8. The Kier molecular flexibility index (Phi) is 20.3. The van der Waals surface area contributed by atoms with Gasteiger partial charge in [-0.2, -0.15) is 5.26 Å². The van der Waals surface area contributed by atoms with Gasteiger partial charge in [0.1, 0.15) is 10.9 Å². The second-order valence-electron chi connectivity index (χ2n) is 16.3. The zero-order valence-corrected chi connectivity index (χ0v) is 41.5. The fourth-order valence-corrected chi connectivity index (χ4v) is 12.3. The number of methoxy groups -OCH3 is 2. The smallest absolute Gasteiger partial charge is 1.00 e. The fourth-order valence-electron chi connectivity index (χ4n) is 11.3. The van der Waals surface area contributed by atoms with E-state index < -0.39 is 21.1 Å². The molecule has 2 aromatic carbocycles. The van der Waals surface area contributed by atoms with E-state index in [1.807, 2.05) is 18.2 Å². The van der Waals surface area contributed by atoms with Crippen LogP contribution in [0.5, 0.6) is 0 Å². The van der Waals surface area contributed by atoms with Crippen LogP contribution in [0.1, 0.15) is 90.9 Å². The second-order valence-corrected chi connectivity index (χ2v) is 17.3. The molecule has 2 fully saturated rings. The summed E-state index contributed by atoms with van der Waals surface area (Å²) in [6.45, 7) is 27.3. The van der Waals surface area contributed by atoms with E-state index in [1.165, 1.54) is 0 Å². The molecule has 13 nitrogen and oxygen atoms in total. The van der Waals surface area contributed by atoms with Crippen LogP contribution in [0.25, 0.3) is 9.69 Å². The summed E-state index contributed by atoms with van der Waals surface area (Å²) >= 11 is 1.00. The minimum Gasteiger partial charge on any atom is -1.00 e. The molecule has 10 atom stereocenters. The van der Waals surface area contributed by atoms with Crippen molar-refractivity contribution in [3.8, 4) is 5.40 Å². The molecule has 2 saturated carbocycles. The second kappa shape index (κ2) is 22.7. The number of carbonyl (C=O) groups is 3. The molecule has 4 aliphatic rings. The van der Waals surface area contributed by atoms with E-state index in [-0.39, 0.29) is 128 Å². The van der Waals surface area contributed by atoms with Crippen LogP contribution in [0, 0.1) is 58.3 Å². The number of thiocyanates is 1. The van der Waals surface area contributed by atoms with Crippen LogP contribution in [0.4, 0.5) is 11.4 Å². The topological polar surface area (TPSA) is 179 Å². The van der Waals surface area contributed by atoms with Crippen molar-refractivity contribution in [2.45, 2.75) is 103 Å². The molecule has 60 heavy (non-hydrogen) atoms. The number of hydrogen-bond acceptors (Lipinski definition) is 12. The molecule has 16 heteroatoms. The van der Waals surface area contributed by atoms with Crippen LogP contribution >= 0.6 is 11.8 Å². The molecule has 0 heterocycles. The average Bonchev–Trinajstić information content (AvgIpc) is 3.59. The van der Waals surface area contributed by atoms with E-state index in [4.69, 9.17) is 47.9 Å². The zero-order chi connectivity index (χ0) is 43.1. The number of hydrogen-bond donors (Lipinski definition) is 1. The van der Waals surface area contributed by atoms with Gasteiger partial charge in [-0.25, -0.2) is 14.5 Å². The predicted octanol–water partition coefficient (Wildman–Crippen LogP) is 0.967. The Morgan fingerprint density at radius 3 is 1.63 bits per heavy atom. The number of nitrogens with two attached hydrogens (primary N) is 1. The molecule has 4 unspecified atom stereocenters. The largest absolute Gasteiger partial charge is 1.00 e. The van der Waals surface area contributed by atoms with Gasteiger partial charge in [-0.05, 0) is 110 Å². The van der Waals surface area contributed by atoms with Crippen molar-refractivity contribution < 1.29 is 104 Å². The maximum Gasteiger partial charge on any atom is 1.00 e. The van der Waals surface area contributed by atoms with Crippen molar-refractivity contribution in [1.29, 1.82) is 5.26 Å². The Hall–Kier alpha value is -2.49. The van der Waals surface area contributed by atoms with E-state index in [0.29, 0.717) is 17.8 Å². The number of carbonyl (C=O) groups excluding carboxylic acids is 3. The fraction of sp³-hybridized carbons (Fsp3) is 0.591. The van der Waals surface area contributed by atoms with Gasteiger partial charge in [0.05, 0.1) is 38.6 Å². The van der Waals surface area contributed by atoms with Crippen LogP contribution < -0.4 is 70.1 Å². The molecule has 2 aromatic rings. The molecule has 0 amide bonds. The third kappa shape index (κ3) is 9.68. The summed E-state index contributed by atoms with van der Waals surface area (Å²) in [5, 5.41) is 20.4. The third-order valence-corrected chi connectivity index (χ3v) is 14.1. The maximum absolute atomic E-state index is 13.5. The summed E-state index contributed by atoms with van der Waals surface area (Å²) in [6, 6.07) is 11.1. The molecule has 2 N–H and O–H groups in total. The van der Waals surface area contributed by atoms with Gasteiger partial charge in [0.15, 0.2) is 16.1 Å². The van der Waals surface area contributed by atoms with Crippen LogP contribution in [0.2, 0.25) is 0 Å². The van der Waals surface area contributed by atoms with Gasteiger partial charge in [0.25, 0.3) is 6.47 Å². The van der Waals surface area contributed by atoms with Crippen molar-refractivity contribution in [3.63, 3.8) is 0 Å². The van der Waals surface area contributed by atoms with Crippen LogP contribution in [0.3, 0.4) is 0 Å². The number of nitriles is 1. The van der Waals surface area contributed by atoms with Gasteiger partial charge in [-0.1, -0.05) is 64.1 Å². The first-order valence-corrected chi connectivity index (χ1v) is 20.4. The number of thioether (sulfide) groups is 1. The molecule has 0 bridgehead atoms. The summed E-state index contributed by atoms with van der Waals surface area (Å²) in [5.74, 6) is 0.327. The standard InChI is InChI=1S/C22H26N2O3S.C21H28N2O3.CH2O3.2Na.H/c1-6-27-20(25)22(28-13-23)18-9-17(24-4)8-7-16(18)12-21(22)10-14(2)19(26-5)15(3)11-21;1-6-26-19(24)21(22)17-9-16(23-4)8-7-15(17)12-20(21)10-13(2)18(25-5)14(3)11-20;2-1-4-3;;;/h7-9,14-15,19H,6,10-12H2,1-3,5H3;7-9,13-14,18H,6,10-12,22H2,1-3,5H3;1,3H;;;/q;;;2*+1;-1/p-1/t14-,15+,19?,21?,22-;13-,14+,18?,20?,21-;;;;/m11..../s1. The average molecular weight is 863 g/mol. The Balaban J connectivity index is 0.000000537. The van der Waals surface area contributed by atoms with Crippen LogP contribution in [0.15, 0.2) is 36.4 Å². The Morgan fingerprint density at radius 2 is 1.23 bits per heavy atom. The van der Waals surface area contributed by atoms with Crippen molar-refractivity contribution in [1.82, 2.24) is 0 Å². The molecular formula is C44H56N4Na2O9S. The zero-order valence-electron chi connectivity index (χ0n) is 37.7. The number of ether oxygens (including phenoxy) is 4. The molecule has 2 spiro atoms. The number of benzene rings is 2. The molecule has 0 aromatic heterocycles. The first kappa shape index (κ1) is 53.6. The summed E-state index contributed by atoms with van der Waals surface area (Å²) in [7, 11) is 3.49. The van der Waals surface area contributed by atoms with Crippen LogP contribution in [-0.4, -0.2) is 58.1 Å². The van der Waals surface area contributed by atoms with Crippen molar-refractivity contribution in [2.75, 3.05) is 27.4 Å². The summed E-state index contributed by atoms with van der Waals surface area (Å²) in [6.07, 6.45) is 4.87. The summed E-state index contributed by atoms with van der Waals surface area (Å²) < 4.78 is 21.3. The van der Waals surface area contributed by atoms with Gasteiger partial charge >= 0.3 is 71.1 Å². The first-order valence-electron chi connectivity index (χ1n) is 19.6. The van der Waals surface area contributed by atoms with E-state index in [2.05, 4.69) is 47.7 Å². The number of nitrogens with zero attached hydrogens (tertiary/aromatic N) is 3. The van der Waals surface area contributed by atoms with Gasteiger partial charge in [-0.15, -0.1) is 0 Å². The molecule has 0 saturated heterocycles. The van der Waals surface area contributed by atoms with E-state index in [9.17, 15) is 14.9 Å². The first-order chi connectivity index (χ1) is 27.6. The third-order valence-electron chi connectivity index (χ3n) is 12.9. The molecule has 314 valence electrons. The molecule has 4 aliphatic carbocycles. The Morgan fingerprint density at radius 1 is 0.833 bits per heavy atom. The van der Waals surface area contributed by atoms with Crippen molar-refractivity contribution >= 4 is 41.5 Å². The summed E-state index contributed by atoms with van der Waals surface area (Å²) in [5.41, 5.74) is 9.49. The molecular weight excluding hydrogens is 807 g/mol. The minimum absolute atomic E-state index is 0. The Labute approximate surface area is 404 Å². The minimum atomic E-state index is -1.22. The van der Waals surface area contributed by atoms with Crippen molar-refractivity contribution in [2.24, 2.45) is 40.2 Å². The molecule has 6 rings (SSSR count).